The molecule has 4 rings (SSSR count). The molecule has 1 heterocycles. The van der Waals surface area contributed by atoms with Crippen LogP contribution in [0, 0.1) is 0 Å². The minimum atomic E-state index is -0.494. The third-order valence-corrected chi connectivity index (χ3v) is 6.84. The van der Waals surface area contributed by atoms with Gasteiger partial charge in [-0.1, -0.05) is 60.3 Å². The first-order chi connectivity index (χ1) is 12.9. The summed E-state index contributed by atoms with van der Waals surface area (Å²) < 4.78 is 0. The summed E-state index contributed by atoms with van der Waals surface area (Å²) in [4.78, 5) is 14.5. The molecule has 1 amide bonds. The normalized spacial score (nSPS) is 21.8. The van der Waals surface area contributed by atoms with Crippen molar-refractivity contribution in [2.45, 2.75) is 43.6 Å². The van der Waals surface area contributed by atoms with Crippen LogP contribution in [0.2, 0.25) is 10.0 Å². The van der Waals surface area contributed by atoms with Crippen molar-refractivity contribution in [1.82, 2.24) is 4.90 Å². The standard InChI is InChI=1S/C22H24Cl2N2O/c1-26-12-18(17-10-16(23)11-20(24)19(17)13-26)14-4-6-15(7-5-14)22(21(25)27)8-2-3-9-22/h4-7,10-11,18H,2-3,8-9,12-13H2,1H3,(H2,25,27). The Morgan fingerprint density at radius 2 is 1.81 bits per heavy atom. The summed E-state index contributed by atoms with van der Waals surface area (Å²) >= 11 is 12.8. The molecule has 0 bridgehead atoms. The van der Waals surface area contributed by atoms with Gasteiger partial charge < -0.3 is 10.6 Å². The summed E-state index contributed by atoms with van der Waals surface area (Å²) in [5, 5.41) is 1.40. The second-order valence-electron chi connectivity index (χ2n) is 7.98. The number of halogens is 2. The van der Waals surface area contributed by atoms with Crippen molar-refractivity contribution in [2.24, 2.45) is 5.73 Å². The van der Waals surface area contributed by atoms with E-state index in [1.807, 2.05) is 12.1 Å². The first-order valence-corrected chi connectivity index (χ1v) is 10.2. The van der Waals surface area contributed by atoms with Gasteiger partial charge in [0.05, 0.1) is 5.41 Å². The SMILES string of the molecule is CN1Cc2c(Cl)cc(Cl)cc2C(c2ccc(C3(C(N)=O)CCCC3)cc2)C1. The highest BCUT2D eigenvalue weighted by Gasteiger charge is 2.41. The van der Waals surface area contributed by atoms with Crippen LogP contribution < -0.4 is 5.73 Å². The summed E-state index contributed by atoms with van der Waals surface area (Å²) in [6.45, 7) is 1.73. The van der Waals surface area contributed by atoms with Crippen molar-refractivity contribution >= 4 is 29.1 Å². The quantitative estimate of drug-likeness (QED) is 0.795. The molecule has 3 nitrogen and oxygen atoms in total. The van der Waals surface area contributed by atoms with Crippen LogP contribution in [0.4, 0.5) is 0 Å². The zero-order valence-corrected chi connectivity index (χ0v) is 17.0. The molecule has 2 N–H and O–H groups in total. The largest absolute Gasteiger partial charge is 0.369 e. The fourth-order valence-corrected chi connectivity index (χ4v) is 5.39. The van der Waals surface area contributed by atoms with E-state index in [0.29, 0.717) is 5.02 Å². The summed E-state index contributed by atoms with van der Waals surface area (Å²) in [7, 11) is 2.11. The summed E-state index contributed by atoms with van der Waals surface area (Å²) in [5.41, 5.74) is 9.89. The van der Waals surface area contributed by atoms with Crippen LogP contribution in [0.3, 0.4) is 0 Å². The van der Waals surface area contributed by atoms with Gasteiger partial charge in [0.1, 0.15) is 0 Å². The number of carbonyl (C=O) groups excluding carboxylic acids is 1. The van der Waals surface area contributed by atoms with Crippen LogP contribution >= 0.6 is 23.2 Å². The molecule has 1 aliphatic carbocycles. The van der Waals surface area contributed by atoms with Gasteiger partial charge in [0.25, 0.3) is 0 Å². The number of nitrogens with zero attached hydrogens (tertiary/aromatic N) is 1. The van der Waals surface area contributed by atoms with Crippen LogP contribution in [-0.2, 0) is 16.8 Å². The highest BCUT2D eigenvalue weighted by Crippen LogP contribution is 2.42. The lowest BCUT2D eigenvalue weighted by atomic mass is 9.77. The summed E-state index contributed by atoms with van der Waals surface area (Å²) in [5.74, 6) is 0.00571. The van der Waals surface area contributed by atoms with E-state index >= 15 is 0 Å². The molecular weight excluding hydrogens is 379 g/mol. The molecule has 1 unspecified atom stereocenters. The number of rotatable bonds is 3. The predicted molar refractivity (Wildman–Crippen MR) is 110 cm³/mol. The molecule has 2 aliphatic rings. The molecule has 5 heteroatoms. The highest BCUT2D eigenvalue weighted by atomic mass is 35.5. The highest BCUT2D eigenvalue weighted by molar-refractivity contribution is 6.35. The number of carbonyl (C=O) groups is 1. The lowest BCUT2D eigenvalue weighted by Crippen LogP contribution is -2.38. The van der Waals surface area contributed by atoms with Gasteiger partial charge in [-0.2, -0.15) is 0 Å². The van der Waals surface area contributed by atoms with Crippen molar-refractivity contribution in [3.63, 3.8) is 0 Å². The lowest BCUT2D eigenvalue weighted by Gasteiger charge is -2.34. The zero-order valence-electron chi connectivity index (χ0n) is 15.5. The van der Waals surface area contributed by atoms with Gasteiger partial charge in [0, 0.05) is 29.1 Å². The van der Waals surface area contributed by atoms with Crippen LogP contribution in [0.15, 0.2) is 36.4 Å². The molecule has 2 aromatic rings. The minimum absolute atomic E-state index is 0.200. The van der Waals surface area contributed by atoms with Gasteiger partial charge in [-0.05, 0) is 54.3 Å². The van der Waals surface area contributed by atoms with Gasteiger partial charge in [0.2, 0.25) is 5.91 Å². The molecule has 1 atom stereocenters. The number of fused-ring (bicyclic) bond motifs is 1. The third-order valence-electron chi connectivity index (χ3n) is 6.29. The van der Waals surface area contributed by atoms with E-state index in [9.17, 15) is 4.79 Å². The molecular formula is C22H24Cl2N2O. The van der Waals surface area contributed by atoms with Crippen LogP contribution in [-0.4, -0.2) is 24.4 Å². The molecule has 142 valence electrons. The Kier molecular flexibility index (Phi) is 4.96. The van der Waals surface area contributed by atoms with Crippen molar-refractivity contribution in [1.29, 1.82) is 0 Å². The monoisotopic (exact) mass is 402 g/mol. The number of hydrogen-bond acceptors (Lipinski definition) is 2. The molecule has 1 aliphatic heterocycles. The van der Waals surface area contributed by atoms with Crippen molar-refractivity contribution < 1.29 is 4.79 Å². The zero-order chi connectivity index (χ0) is 19.2. The second-order valence-corrected chi connectivity index (χ2v) is 8.82. The van der Waals surface area contributed by atoms with Crippen LogP contribution in [0.25, 0.3) is 0 Å². The number of primary amides is 1. The first kappa shape index (κ1) is 18.8. The van der Waals surface area contributed by atoms with Gasteiger partial charge in [-0.15, -0.1) is 0 Å². The number of amides is 1. The first-order valence-electron chi connectivity index (χ1n) is 9.47. The Morgan fingerprint density at radius 1 is 1.15 bits per heavy atom. The maximum atomic E-state index is 12.2. The Balaban J connectivity index is 1.72. The number of hydrogen-bond donors (Lipinski definition) is 1. The van der Waals surface area contributed by atoms with Crippen molar-refractivity contribution in [2.75, 3.05) is 13.6 Å². The fraction of sp³-hybridized carbons (Fsp3) is 0.409. The molecule has 0 radical (unpaired) electrons. The smallest absolute Gasteiger partial charge is 0.228 e. The van der Waals surface area contributed by atoms with Crippen molar-refractivity contribution in [3.05, 3.63) is 68.7 Å². The predicted octanol–water partition coefficient (Wildman–Crippen LogP) is 4.87. The van der Waals surface area contributed by atoms with Gasteiger partial charge >= 0.3 is 0 Å². The molecule has 0 aromatic heterocycles. The van der Waals surface area contributed by atoms with E-state index in [1.54, 1.807) is 0 Å². The lowest BCUT2D eigenvalue weighted by molar-refractivity contribution is -0.123. The molecule has 0 spiro atoms. The van der Waals surface area contributed by atoms with E-state index in [4.69, 9.17) is 28.9 Å². The van der Waals surface area contributed by atoms with Gasteiger partial charge in [0.15, 0.2) is 0 Å². The second kappa shape index (κ2) is 7.12. The number of likely N-dealkylation sites (N-methyl/N-ethyl adjacent to an activating group) is 1. The fourth-order valence-electron chi connectivity index (χ4n) is 4.82. The van der Waals surface area contributed by atoms with E-state index in [-0.39, 0.29) is 11.8 Å². The molecule has 0 saturated heterocycles. The summed E-state index contributed by atoms with van der Waals surface area (Å²) in [6.07, 6.45) is 3.81. The molecule has 1 fully saturated rings. The van der Waals surface area contributed by atoms with E-state index in [2.05, 4.69) is 36.2 Å². The van der Waals surface area contributed by atoms with Crippen LogP contribution in [0.1, 0.15) is 53.9 Å². The molecule has 27 heavy (non-hydrogen) atoms. The van der Waals surface area contributed by atoms with Gasteiger partial charge in [-0.25, -0.2) is 0 Å². The average Bonchev–Trinajstić information content (AvgIpc) is 3.13. The Morgan fingerprint density at radius 3 is 2.44 bits per heavy atom. The van der Waals surface area contributed by atoms with E-state index in [0.717, 1.165) is 54.9 Å². The molecule has 1 saturated carbocycles. The van der Waals surface area contributed by atoms with Crippen molar-refractivity contribution in [3.8, 4) is 0 Å². The van der Waals surface area contributed by atoms with Gasteiger partial charge in [-0.3, -0.25) is 4.79 Å². The Hall–Kier alpha value is -1.55. The minimum Gasteiger partial charge on any atom is -0.369 e. The number of nitrogens with two attached hydrogens (primary N) is 1. The topological polar surface area (TPSA) is 46.3 Å². The molecule has 2 aromatic carbocycles. The number of benzene rings is 2. The van der Waals surface area contributed by atoms with Crippen LogP contribution in [0.5, 0.6) is 0 Å². The van der Waals surface area contributed by atoms with E-state index in [1.165, 1.54) is 11.1 Å². The average molecular weight is 403 g/mol. The summed E-state index contributed by atoms with van der Waals surface area (Å²) in [6, 6.07) is 12.3. The maximum absolute atomic E-state index is 12.2. The third kappa shape index (κ3) is 3.26. The van der Waals surface area contributed by atoms with E-state index < -0.39 is 5.41 Å². The Labute approximate surface area is 170 Å². The maximum Gasteiger partial charge on any atom is 0.228 e. The Bertz CT molecular complexity index is 873.